The van der Waals surface area contributed by atoms with E-state index in [1.807, 2.05) is 6.92 Å². The third-order valence-corrected chi connectivity index (χ3v) is 8.64. The van der Waals surface area contributed by atoms with Crippen LogP contribution in [0.1, 0.15) is 49.3 Å². The molecule has 15 heteroatoms. The SMILES string of the molecule is CC(=O)N1CCC(C)(NC(=O)N2CC(c3ccc(F)cc3)C(N(C)C(=O)N(C)c3cc(C(F)(F)F)cc(C(F)(F)F)c3)C2)CC1. The van der Waals surface area contributed by atoms with Crippen LogP contribution < -0.4 is 10.2 Å². The Morgan fingerprint density at radius 3 is 1.89 bits per heavy atom. The molecule has 2 aromatic carbocycles. The molecule has 45 heavy (non-hydrogen) atoms. The average Bonchev–Trinajstić information content (AvgIpc) is 3.41. The number of piperidine rings is 1. The summed E-state index contributed by atoms with van der Waals surface area (Å²) in [5.74, 6) is -1.13. The summed E-state index contributed by atoms with van der Waals surface area (Å²) in [7, 11) is 2.41. The maximum atomic E-state index is 13.7. The van der Waals surface area contributed by atoms with Gasteiger partial charge in [-0.15, -0.1) is 0 Å². The van der Waals surface area contributed by atoms with Gasteiger partial charge < -0.3 is 20.0 Å². The van der Waals surface area contributed by atoms with Crippen LogP contribution in [0.3, 0.4) is 0 Å². The monoisotopic (exact) mass is 645 g/mol. The van der Waals surface area contributed by atoms with Crippen LogP contribution in [-0.4, -0.2) is 84.5 Å². The fourth-order valence-electron chi connectivity index (χ4n) is 5.78. The number of nitrogens with one attached hydrogen (secondary N) is 1. The number of urea groups is 2. The smallest absolute Gasteiger partial charge is 0.343 e. The molecule has 0 radical (unpaired) electrons. The normalized spacial score (nSPS) is 20.2. The number of likely N-dealkylation sites (N-methyl/N-ethyl adjacent to an activating group) is 1. The Hall–Kier alpha value is -4.04. The molecular formula is C30H34F7N5O3. The van der Waals surface area contributed by atoms with Crippen molar-refractivity contribution >= 4 is 23.7 Å². The van der Waals surface area contributed by atoms with Gasteiger partial charge in [-0.3, -0.25) is 9.69 Å². The molecule has 2 aliphatic rings. The van der Waals surface area contributed by atoms with Gasteiger partial charge >= 0.3 is 24.4 Å². The average molecular weight is 646 g/mol. The molecule has 0 spiro atoms. The zero-order valence-electron chi connectivity index (χ0n) is 25.1. The van der Waals surface area contributed by atoms with E-state index >= 15 is 0 Å². The van der Waals surface area contributed by atoms with E-state index in [2.05, 4.69) is 5.32 Å². The van der Waals surface area contributed by atoms with Crippen molar-refractivity contribution in [3.63, 3.8) is 0 Å². The Morgan fingerprint density at radius 2 is 1.40 bits per heavy atom. The Labute approximate surface area is 255 Å². The number of rotatable bonds is 4. The quantitative estimate of drug-likeness (QED) is 0.419. The number of anilines is 1. The third kappa shape index (κ3) is 7.61. The molecule has 2 saturated heterocycles. The van der Waals surface area contributed by atoms with Gasteiger partial charge in [0, 0.05) is 64.3 Å². The van der Waals surface area contributed by atoms with Gasteiger partial charge in [-0.2, -0.15) is 26.3 Å². The van der Waals surface area contributed by atoms with Crippen molar-refractivity contribution in [2.45, 2.75) is 56.5 Å². The van der Waals surface area contributed by atoms with Crippen molar-refractivity contribution < 1.29 is 45.1 Å². The minimum atomic E-state index is -5.10. The number of amides is 5. The van der Waals surface area contributed by atoms with Gasteiger partial charge in [0.15, 0.2) is 0 Å². The Morgan fingerprint density at radius 1 is 0.867 bits per heavy atom. The van der Waals surface area contributed by atoms with Crippen molar-refractivity contribution in [1.29, 1.82) is 0 Å². The zero-order valence-corrected chi connectivity index (χ0v) is 25.1. The van der Waals surface area contributed by atoms with Crippen LogP contribution in [0, 0.1) is 5.82 Å². The molecule has 2 aromatic rings. The number of hydrogen-bond acceptors (Lipinski definition) is 3. The van der Waals surface area contributed by atoms with E-state index in [1.54, 1.807) is 4.90 Å². The van der Waals surface area contributed by atoms with Gasteiger partial charge in [0.2, 0.25) is 5.91 Å². The number of nitrogens with zero attached hydrogens (tertiary/aromatic N) is 4. The Balaban J connectivity index is 1.59. The lowest BCUT2D eigenvalue weighted by Gasteiger charge is -2.40. The molecule has 4 rings (SSSR count). The number of halogens is 7. The van der Waals surface area contributed by atoms with Gasteiger partial charge in [-0.05, 0) is 55.7 Å². The van der Waals surface area contributed by atoms with Crippen molar-refractivity contribution in [2.75, 3.05) is 45.2 Å². The van der Waals surface area contributed by atoms with Crippen LogP contribution in [0.25, 0.3) is 0 Å². The molecule has 2 unspecified atom stereocenters. The second kappa shape index (κ2) is 12.4. The fraction of sp³-hybridized carbons (Fsp3) is 0.500. The number of carbonyl (C=O) groups is 3. The molecule has 2 atom stereocenters. The lowest BCUT2D eigenvalue weighted by atomic mass is 9.89. The largest absolute Gasteiger partial charge is 0.416 e. The second-order valence-electron chi connectivity index (χ2n) is 11.8. The first-order chi connectivity index (χ1) is 20.8. The highest BCUT2D eigenvalue weighted by Gasteiger charge is 2.43. The first-order valence-corrected chi connectivity index (χ1v) is 14.2. The first kappa shape index (κ1) is 33.8. The summed E-state index contributed by atoms with van der Waals surface area (Å²) >= 11 is 0. The van der Waals surface area contributed by atoms with Gasteiger partial charge in [0.1, 0.15) is 5.82 Å². The minimum Gasteiger partial charge on any atom is -0.343 e. The first-order valence-electron chi connectivity index (χ1n) is 14.2. The summed E-state index contributed by atoms with van der Waals surface area (Å²) in [4.78, 5) is 43.8. The highest BCUT2D eigenvalue weighted by Crippen LogP contribution is 2.39. The van der Waals surface area contributed by atoms with Crippen LogP contribution in [0.15, 0.2) is 42.5 Å². The molecule has 2 aliphatic heterocycles. The van der Waals surface area contributed by atoms with E-state index in [4.69, 9.17) is 0 Å². The summed E-state index contributed by atoms with van der Waals surface area (Å²) in [5.41, 5.74) is -3.79. The van der Waals surface area contributed by atoms with Crippen LogP contribution in [0.5, 0.6) is 0 Å². The van der Waals surface area contributed by atoms with Gasteiger partial charge in [0.05, 0.1) is 17.2 Å². The van der Waals surface area contributed by atoms with E-state index in [1.165, 1.54) is 48.0 Å². The predicted molar refractivity (Wildman–Crippen MR) is 151 cm³/mol. The van der Waals surface area contributed by atoms with Crippen molar-refractivity contribution in [3.05, 3.63) is 65.0 Å². The molecule has 8 nitrogen and oxygen atoms in total. The number of likely N-dealkylation sites (tertiary alicyclic amines) is 2. The predicted octanol–water partition coefficient (Wildman–Crippen LogP) is 5.93. The van der Waals surface area contributed by atoms with E-state index in [9.17, 15) is 45.1 Å². The van der Waals surface area contributed by atoms with Crippen LogP contribution in [0.4, 0.5) is 46.0 Å². The molecule has 246 valence electrons. The molecule has 0 aliphatic carbocycles. The summed E-state index contributed by atoms with van der Waals surface area (Å²) in [6.07, 6.45) is -9.18. The third-order valence-electron chi connectivity index (χ3n) is 8.64. The Bertz CT molecular complexity index is 1390. The van der Waals surface area contributed by atoms with Crippen LogP contribution in [0.2, 0.25) is 0 Å². The lowest BCUT2D eigenvalue weighted by molar-refractivity contribution is -0.143. The molecule has 1 N–H and O–H groups in total. The minimum absolute atomic E-state index is 0.0179. The number of benzene rings is 2. The molecule has 5 amide bonds. The van der Waals surface area contributed by atoms with E-state index in [0.29, 0.717) is 48.5 Å². The van der Waals surface area contributed by atoms with Gasteiger partial charge in [-0.25, -0.2) is 14.0 Å². The number of alkyl halides is 6. The number of carbonyl (C=O) groups excluding carboxylic acids is 3. The fourth-order valence-corrected chi connectivity index (χ4v) is 5.78. The Kier molecular flexibility index (Phi) is 9.32. The van der Waals surface area contributed by atoms with E-state index in [-0.39, 0.29) is 25.1 Å². The maximum Gasteiger partial charge on any atom is 0.416 e. The van der Waals surface area contributed by atoms with Crippen LogP contribution in [-0.2, 0) is 17.1 Å². The maximum absolute atomic E-state index is 13.7. The molecular weight excluding hydrogens is 611 g/mol. The molecule has 0 bridgehead atoms. The molecule has 0 aromatic heterocycles. The van der Waals surface area contributed by atoms with Crippen LogP contribution >= 0.6 is 0 Å². The van der Waals surface area contributed by atoms with Crippen molar-refractivity contribution in [3.8, 4) is 0 Å². The number of hydrogen-bond donors (Lipinski definition) is 1. The van der Waals surface area contributed by atoms with Crippen molar-refractivity contribution in [2.24, 2.45) is 0 Å². The highest BCUT2D eigenvalue weighted by molar-refractivity contribution is 5.92. The summed E-state index contributed by atoms with van der Waals surface area (Å²) in [5, 5.41) is 3.02. The summed E-state index contributed by atoms with van der Waals surface area (Å²) in [6, 6.07) is 4.22. The topological polar surface area (TPSA) is 76.2 Å². The van der Waals surface area contributed by atoms with E-state index in [0.717, 1.165) is 7.05 Å². The standard InChI is InChI=1S/C30H34F7N5O3/c1-18(43)41-11-9-28(2,10-12-41)38-26(44)42-16-24(19-5-7-22(31)8-6-19)25(17-42)40(4)27(45)39(3)23-14-20(29(32,33)34)13-21(15-23)30(35,36)37/h5-8,13-15,24-25H,9-12,16-17H2,1-4H3,(H,38,44). The lowest BCUT2D eigenvalue weighted by Crippen LogP contribution is -2.57. The summed E-state index contributed by atoms with van der Waals surface area (Å²) < 4.78 is 94.6. The zero-order chi connectivity index (χ0) is 33.5. The highest BCUT2D eigenvalue weighted by atomic mass is 19.4. The summed E-state index contributed by atoms with van der Waals surface area (Å²) in [6.45, 7) is 4.34. The van der Waals surface area contributed by atoms with Gasteiger partial charge in [-0.1, -0.05) is 12.1 Å². The van der Waals surface area contributed by atoms with E-state index < -0.39 is 64.5 Å². The molecule has 2 heterocycles. The molecule has 2 fully saturated rings. The second-order valence-corrected chi connectivity index (χ2v) is 11.8. The van der Waals surface area contributed by atoms with Crippen molar-refractivity contribution in [1.82, 2.24) is 20.0 Å². The molecule has 0 saturated carbocycles. The van der Waals surface area contributed by atoms with Gasteiger partial charge in [0.25, 0.3) is 0 Å².